The summed E-state index contributed by atoms with van der Waals surface area (Å²) in [5.74, 6) is 0. The number of aliphatic hydroxyl groups is 2. The molecule has 0 aromatic carbocycles. The van der Waals surface area contributed by atoms with E-state index in [0.717, 1.165) is 77.5 Å². The predicted octanol–water partition coefficient (Wildman–Crippen LogP) is 8.11. The molecule has 0 saturated carbocycles. The van der Waals surface area contributed by atoms with Crippen LogP contribution in [0.15, 0.2) is 48.6 Å². The fraction of sp³-hybridized carbons (Fsp3) is 0.784. The summed E-state index contributed by atoms with van der Waals surface area (Å²) in [6, 6.07) is 0. The number of hydrogen-bond donors (Lipinski definition) is 4. The van der Waals surface area contributed by atoms with E-state index in [1.165, 1.54) is 64.2 Å². The van der Waals surface area contributed by atoms with Crippen LogP contribution in [0.1, 0.15) is 129 Å². The van der Waals surface area contributed by atoms with Crippen molar-refractivity contribution in [3.05, 3.63) is 48.6 Å². The molecule has 5 heteroatoms. The van der Waals surface area contributed by atoms with Gasteiger partial charge in [-0.25, -0.2) is 0 Å². The van der Waals surface area contributed by atoms with Crippen LogP contribution in [0.5, 0.6) is 0 Å². The maximum Gasteiger partial charge on any atom is 0.0664 e. The lowest BCUT2D eigenvalue weighted by molar-refractivity contribution is 0.156. The third kappa shape index (κ3) is 33.3. The van der Waals surface area contributed by atoms with Crippen molar-refractivity contribution >= 4 is 0 Å². The lowest BCUT2D eigenvalue weighted by Gasteiger charge is -2.19. The lowest BCUT2D eigenvalue weighted by Crippen LogP contribution is -2.38. The van der Waals surface area contributed by atoms with Crippen LogP contribution in [0, 0.1) is 0 Å². The first-order valence-corrected chi connectivity index (χ1v) is 17.7. The molecule has 0 aliphatic rings. The molecule has 246 valence electrons. The first kappa shape index (κ1) is 40.8. The Morgan fingerprint density at radius 1 is 0.524 bits per heavy atom. The van der Waals surface area contributed by atoms with E-state index in [9.17, 15) is 10.2 Å². The normalized spacial score (nSPS) is 14.0. The second-order valence-electron chi connectivity index (χ2n) is 11.9. The van der Waals surface area contributed by atoms with Gasteiger partial charge in [-0.05, 0) is 84.1 Å². The highest BCUT2D eigenvalue weighted by molar-refractivity contribution is 4.93. The van der Waals surface area contributed by atoms with Crippen molar-refractivity contribution in [2.45, 2.75) is 142 Å². The summed E-state index contributed by atoms with van der Waals surface area (Å²) in [6.07, 6.45) is 38.6. The first-order chi connectivity index (χ1) is 20.6. The molecule has 0 aromatic rings. The van der Waals surface area contributed by atoms with Crippen molar-refractivity contribution < 1.29 is 10.2 Å². The zero-order valence-electron chi connectivity index (χ0n) is 28.1. The minimum absolute atomic E-state index is 0.271. The van der Waals surface area contributed by atoms with Crippen LogP contribution in [0.4, 0.5) is 0 Å². The highest BCUT2D eigenvalue weighted by atomic mass is 16.3. The molecule has 0 bridgehead atoms. The van der Waals surface area contributed by atoms with Crippen molar-refractivity contribution in [1.29, 1.82) is 0 Å². The topological polar surface area (TPSA) is 67.8 Å². The summed E-state index contributed by atoms with van der Waals surface area (Å²) in [5.41, 5.74) is 0. The third-order valence-corrected chi connectivity index (χ3v) is 7.58. The van der Waals surface area contributed by atoms with Crippen molar-refractivity contribution in [2.75, 3.05) is 46.3 Å². The monoisotopic (exact) mass is 590 g/mol. The summed E-state index contributed by atoms with van der Waals surface area (Å²) in [4.78, 5) is 2.29. The van der Waals surface area contributed by atoms with Gasteiger partial charge in [0.25, 0.3) is 0 Å². The van der Waals surface area contributed by atoms with Crippen molar-refractivity contribution in [1.82, 2.24) is 15.5 Å². The number of nitrogens with zero attached hydrogens (tertiary/aromatic N) is 1. The molecule has 0 radical (unpaired) electrons. The maximum absolute atomic E-state index is 10.2. The van der Waals surface area contributed by atoms with Crippen LogP contribution < -0.4 is 10.6 Å². The van der Waals surface area contributed by atoms with Crippen molar-refractivity contribution in [3.63, 3.8) is 0 Å². The van der Waals surface area contributed by atoms with Crippen LogP contribution in [0.25, 0.3) is 0 Å². The third-order valence-electron chi connectivity index (χ3n) is 7.58. The lowest BCUT2D eigenvalue weighted by atomic mass is 10.1. The number of allylic oxidation sites excluding steroid dienone is 8. The fourth-order valence-electron chi connectivity index (χ4n) is 4.73. The second kappa shape index (κ2) is 34.3. The zero-order chi connectivity index (χ0) is 30.8. The Hall–Kier alpha value is -1.24. The van der Waals surface area contributed by atoms with Crippen LogP contribution in [0.3, 0.4) is 0 Å². The Kier molecular flexibility index (Phi) is 33.2. The molecule has 0 saturated heterocycles. The van der Waals surface area contributed by atoms with E-state index < -0.39 is 0 Å². The molecule has 0 amide bonds. The first-order valence-electron chi connectivity index (χ1n) is 17.7. The van der Waals surface area contributed by atoms with Crippen molar-refractivity contribution in [2.24, 2.45) is 0 Å². The van der Waals surface area contributed by atoms with Crippen LogP contribution in [0.2, 0.25) is 0 Å². The molecular weight excluding hydrogens is 518 g/mol. The summed E-state index contributed by atoms with van der Waals surface area (Å²) in [6.45, 7) is 9.48. The molecule has 4 N–H and O–H groups in total. The van der Waals surface area contributed by atoms with Gasteiger partial charge in [0.15, 0.2) is 0 Å². The van der Waals surface area contributed by atoms with Gasteiger partial charge in [0, 0.05) is 39.3 Å². The van der Waals surface area contributed by atoms with E-state index >= 15 is 0 Å². The second-order valence-corrected chi connectivity index (χ2v) is 11.9. The molecule has 0 aromatic heterocycles. The van der Waals surface area contributed by atoms with E-state index in [2.05, 4.69) is 85.0 Å². The highest BCUT2D eigenvalue weighted by Crippen LogP contribution is 2.06. The Labute approximate surface area is 262 Å². The van der Waals surface area contributed by atoms with E-state index in [0.29, 0.717) is 13.1 Å². The Bertz CT molecular complexity index is 593. The largest absolute Gasteiger partial charge is 0.392 e. The highest BCUT2D eigenvalue weighted by Gasteiger charge is 2.05. The zero-order valence-corrected chi connectivity index (χ0v) is 28.1. The van der Waals surface area contributed by atoms with Gasteiger partial charge in [-0.1, -0.05) is 101 Å². The molecule has 5 nitrogen and oxygen atoms in total. The molecule has 0 aliphatic carbocycles. The number of nitrogens with one attached hydrogen (secondary N) is 2. The predicted molar refractivity (Wildman–Crippen MR) is 186 cm³/mol. The molecule has 2 atom stereocenters. The number of unbranched alkanes of at least 4 members (excludes halogenated alkanes) is 10. The van der Waals surface area contributed by atoms with Gasteiger partial charge in [-0.3, -0.25) is 0 Å². The van der Waals surface area contributed by atoms with E-state index in [-0.39, 0.29) is 12.2 Å². The number of hydrogen-bond acceptors (Lipinski definition) is 5. The summed E-state index contributed by atoms with van der Waals surface area (Å²) in [7, 11) is 2.12. The van der Waals surface area contributed by atoms with Gasteiger partial charge in [0.05, 0.1) is 12.2 Å². The molecule has 0 heterocycles. The van der Waals surface area contributed by atoms with Crippen LogP contribution in [-0.2, 0) is 0 Å². The van der Waals surface area contributed by atoms with Crippen molar-refractivity contribution in [3.8, 4) is 0 Å². The summed E-state index contributed by atoms with van der Waals surface area (Å²) in [5, 5.41) is 27.2. The average Bonchev–Trinajstić information content (AvgIpc) is 2.98. The molecule has 42 heavy (non-hydrogen) atoms. The Balaban J connectivity index is 3.52. The average molecular weight is 590 g/mol. The number of aliphatic hydroxyl groups excluding tert-OH is 2. The van der Waals surface area contributed by atoms with Gasteiger partial charge in [0.2, 0.25) is 0 Å². The molecular formula is C37H71N3O2. The van der Waals surface area contributed by atoms with E-state index in [1.807, 2.05) is 0 Å². The molecule has 2 unspecified atom stereocenters. The smallest absolute Gasteiger partial charge is 0.0664 e. The van der Waals surface area contributed by atoms with Gasteiger partial charge in [0.1, 0.15) is 0 Å². The van der Waals surface area contributed by atoms with Gasteiger partial charge in [-0.2, -0.15) is 0 Å². The van der Waals surface area contributed by atoms with Gasteiger partial charge >= 0.3 is 0 Å². The number of likely N-dealkylation sites (N-methyl/N-ethyl adjacent to an activating group) is 1. The minimum atomic E-state index is -0.271. The quantitative estimate of drug-likeness (QED) is 0.0471. The maximum atomic E-state index is 10.2. The Morgan fingerprint density at radius 3 is 1.29 bits per heavy atom. The standard InChI is InChI=1S/C37H71N3O2/c1-4-6-8-10-12-14-16-18-20-22-24-26-28-36(41)34-38-30-32-40(3)33-31-39-35-37(42)29-27-25-23-21-19-17-15-13-11-9-7-5-2/h14-17,20-23,36-39,41-42H,4-13,18-19,24-35H2,1-3H3/b16-14-,17-15-,22-20-,23-21-. The van der Waals surface area contributed by atoms with Crippen LogP contribution >= 0.6 is 0 Å². The van der Waals surface area contributed by atoms with Gasteiger partial charge in [-0.15, -0.1) is 0 Å². The minimum Gasteiger partial charge on any atom is -0.392 e. The molecule has 0 rings (SSSR count). The van der Waals surface area contributed by atoms with E-state index in [4.69, 9.17) is 0 Å². The summed E-state index contributed by atoms with van der Waals surface area (Å²) < 4.78 is 0. The summed E-state index contributed by atoms with van der Waals surface area (Å²) >= 11 is 0. The fourth-order valence-corrected chi connectivity index (χ4v) is 4.73. The SMILES string of the molecule is CCCCCC/C=C\C/C=C\CCCC(O)CNCCN(C)CCNCC(O)CCC/C=C\C/C=C\CCCCCC. The van der Waals surface area contributed by atoms with E-state index in [1.54, 1.807) is 0 Å². The molecule has 0 spiro atoms. The number of rotatable bonds is 32. The molecule has 0 aliphatic heterocycles. The van der Waals surface area contributed by atoms with Gasteiger partial charge < -0.3 is 25.7 Å². The van der Waals surface area contributed by atoms with Crippen LogP contribution in [-0.4, -0.2) is 73.6 Å². The molecule has 0 fully saturated rings. The Morgan fingerprint density at radius 2 is 0.905 bits per heavy atom.